The molecule has 2 amide bonds. The zero-order chi connectivity index (χ0) is 31.5. The zero-order valence-electron chi connectivity index (χ0n) is 25.1. The third kappa shape index (κ3) is 5.98. The Morgan fingerprint density at radius 3 is 2.56 bits per heavy atom. The van der Waals surface area contributed by atoms with Crippen LogP contribution in [0.4, 0.5) is 5.69 Å². The van der Waals surface area contributed by atoms with E-state index in [1.165, 1.54) is 36.8 Å². The Morgan fingerprint density at radius 2 is 1.82 bits per heavy atom. The minimum Gasteiger partial charge on any atom is -0.493 e. The molecule has 13 nitrogen and oxygen atoms in total. The van der Waals surface area contributed by atoms with E-state index in [1.54, 1.807) is 36.4 Å². The molecule has 1 saturated heterocycles. The van der Waals surface area contributed by atoms with E-state index in [0.717, 1.165) is 12.8 Å². The summed E-state index contributed by atoms with van der Waals surface area (Å²) in [6.45, 7) is 1.93. The van der Waals surface area contributed by atoms with Gasteiger partial charge in [0, 0.05) is 24.8 Å². The van der Waals surface area contributed by atoms with Gasteiger partial charge < -0.3 is 29.0 Å². The van der Waals surface area contributed by atoms with Crippen molar-refractivity contribution in [2.24, 2.45) is 0 Å². The molecule has 6 rings (SSSR count). The number of para-hydroxylation sites is 1. The van der Waals surface area contributed by atoms with Crippen molar-refractivity contribution in [3.63, 3.8) is 0 Å². The van der Waals surface area contributed by atoms with Crippen LogP contribution in [0.15, 0.2) is 54.6 Å². The minimum absolute atomic E-state index is 0.0456. The molecular formula is C32H33N5O8. The van der Waals surface area contributed by atoms with Crippen LogP contribution in [0.1, 0.15) is 41.7 Å². The molecule has 3 aromatic carbocycles. The van der Waals surface area contributed by atoms with Crippen molar-refractivity contribution in [3.05, 3.63) is 65.7 Å². The van der Waals surface area contributed by atoms with Crippen molar-refractivity contribution < 1.29 is 38.1 Å². The molecule has 13 heteroatoms. The van der Waals surface area contributed by atoms with Crippen LogP contribution in [-0.4, -0.2) is 72.9 Å². The predicted molar refractivity (Wildman–Crippen MR) is 162 cm³/mol. The van der Waals surface area contributed by atoms with Gasteiger partial charge in [0.1, 0.15) is 18.1 Å². The van der Waals surface area contributed by atoms with E-state index in [2.05, 4.69) is 15.6 Å². The van der Waals surface area contributed by atoms with Gasteiger partial charge in [0.05, 0.1) is 31.5 Å². The van der Waals surface area contributed by atoms with Crippen LogP contribution in [0.5, 0.6) is 23.0 Å². The van der Waals surface area contributed by atoms with Gasteiger partial charge >= 0.3 is 0 Å². The van der Waals surface area contributed by atoms with E-state index in [4.69, 9.17) is 23.7 Å². The van der Waals surface area contributed by atoms with Crippen molar-refractivity contribution in [1.29, 1.82) is 0 Å². The van der Waals surface area contributed by atoms with Crippen LogP contribution in [0.25, 0.3) is 11.0 Å². The van der Waals surface area contributed by atoms with Crippen LogP contribution < -0.4 is 29.2 Å². The van der Waals surface area contributed by atoms with Gasteiger partial charge in [-0.1, -0.05) is 23.4 Å². The summed E-state index contributed by atoms with van der Waals surface area (Å²) in [5.41, 5.74) is 2.01. The zero-order valence-corrected chi connectivity index (χ0v) is 25.1. The largest absolute Gasteiger partial charge is 0.493 e. The number of ketones is 1. The number of nitrogens with zero attached hydrogens (tertiary/aromatic N) is 4. The SMILES string of the molecule is COc1ccc([C@H](C(=O)NC[C@@H]2CCCO2)N(C(=O)Cn2nnc3ccccc32)c2cc3c(cc2C(C)=O)OCO3)cc1OC. The molecule has 45 heavy (non-hydrogen) atoms. The monoisotopic (exact) mass is 615 g/mol. The van der Waals surface area contributed by atoms with Crippen molar-refractivity contribution in [1.82, 2.24) is 20.3 Å². The highest BCUT2D eigenvalue weighted by molar-refractivity contribution is 6.08. The van der Waals surface area contributed by atoms with Crippen LogP contribution in [0.2, 0.25) is 0 Å². The highest BCUT2D eigenvalue weighted by atomic mass is 16.7. The third-order valence-electron chi connectivity index (χ3n) is 7.86. The second kappa shape index (κ2) is 12.8. The van der Waals surface area contributed by atoms with Crippen molar-refractivity contribution in [3.8, 4) is 23.0 Å². The molecule has 0 radical (unpaired) electrons. The van der Waals surface area contributed by atoms with Crippen LogP contribution in [-0.2, 0) is 20.9 Å². The molecule has 1 N–H and O–H groups in total. The standard InChI is InChI=1S/C32H33N5O8/c1-19(38)22-14-28-29(45-18-44-28)15-25(22)37(30(39)17-36-24-9-5-4-8-23(24)34-35-36)31(32(40)33-16-21-7-6-12-43-21)20-10-11-26(41-2)27(13-20)42-3/h4-5,8-11,13-15,21,31H,6-7,12,16-18H2,1-3H3,(H,33,40)/t21-,31+/m0/s1. The number of rotatable bonds is 11. The summed E-state index contributed by atoms with van der Waals surface area (Å²) < 4.78 is 29.4. The predicted octanol–water partition coefficient (Wildman–Crippen LogP) is 3.45. The molecule has 0 saturated carbocycles. The fourth-order valence-corrected chi connectivity index (χ4v) is 5.63. The van der Waals surface area contributed by atoms with E-state index in [0.29, 0.717) is 46.2 Å². The number of Topliss-reactive ketones (excluding diaryl/α,β-unsaturated/α-hetero) is 1. The number of ether oxygens (including phenoxy) is 5. The van der Waals surface area contributed by atoms with Crippen molar-refractivity contribution >= 4 is 34.3 Å². The maximum absolute atomic E-state index is 14.6. The molecule has 0 bridgehead atoms. The van der Waals surface area contributed by atoms with Gasteiger partial charge in [-0.05, 0) is 55.7 Å². The number of benzene rings is 3. The number of carbonyl (C=O) groups is 3. The number of hydrogen-bond donors (Lipinski definition) is 1. The number of carbonyl (C=O) groups excluding carboxylic acids is 3. The van der Waals surface area contributed by atoms with Gasteiger partial charge in [-0.2, -0.15) is 0 Å². The number of nitrogens with one attached hydrogen (secondary N) is 1. The van der Waals surface area contributed by atoms with Gasteiger partial charge in [-0.25, -0.2) is 4.68 Å². The molecule has 2 aliphatic heterocycles. The van der Waals surface area contributed by atoms with Crippen molar-refractivity contribution in [2.45, 2.75) is 38.5 Å². The molecule has 1 fully saturated rings. The minimum atomic E-state index is -1.26. The normalized spacial score (nSPS) is 15.9. The number of hydrogen-bond acceptors (Lipinski definition) is 10. The maximum atomic E-state index is 14.6. The molecule has 0 spiro atoms. The van der Waals surface area contributed by atoms with Gasteiger partial charge in [-0.15, -0.1) is 5.10 Å². The second-order valence-corrected chi connectivity index (χ2v) is 10.7. The Balaban J connectivity index is 1.51. The summed E-state index contributed by atoms with van der Waals surface area (Å²) >= 11 is 0. The van der Waals surface area contributed by atoms with E-state index in [1.807, 2.05) is 12.1 Å². The molecule has 3 heterocycles. The van der Waals surface area contributed by atoms with E-state index < -0.39 is 17.9 Å². The lowest BCUT2D eigenvalue weighted by atomic mass is 9.99. The average molecular weight is 616 g/mol. The van der Waals surface area contributed by atoms with Gasteiger partial charge in [0.15, 0.2) is 28.8 Å². The van der Waals surface area contributed by atoms with Gasteiger partial charge in [0.25, 0.3) is 0 Å². The first kappa shape index (κ1) is 29.9. The van der Waals surface area contributed by atoms with E-state index >= 15 is 0 Å². The fraction of sp³-hybridized carbons (Fsp3) is 0.344. The van der Waals surface area contributed by atoms with E-state index in [-0.39, 0.29) is 43.0 Å². The number of methoxy groups -OCH3 is 2. The summed E-state index contributed by atoms with van der Waals surface area (Å²) in [5.74, 6) is 0.158. The summed E-state index contributed by atoms with van der Waals surface area (Å²) in [7, 11) is 2.99. The van der Waals surface area contributed by atoms with Crippen LogP contribution in [0.3, 0.4) is 0 Å². The molecule has 0 aliphatic carbocycles. The van der Waals surface area contributed by atoms with Gasteiger partial charge in [-0.3, -0.25) is 19.3 Å². The van der Waals surface area contributed by atoms with Crippen LogP contribution >= 0.6 is 0 Å². The molecule has 1 aromatic heterocycles. The molecular weight excluding hydrogens is 582 g/mol. The Kier molecular flexibility index (Phi) is 8.52. The lowest BCUT2D eigenvalue weighted by Gasteiger charge is -2.33. The highest BCUT2D eigenvalue weighted by Crippen LogP contribution is 2.42. The number of anilines is 1. The van der Waals surface area contributed by atoms with Gasteiger partial charge in [0.2, 0.25) is 18.6 Å². The first-order chi connectivity index (χ1) is 21.9. The summed E-state index contributed by atoms with van der Waals surface area (Å²) in [4.78, 5) is 43.3. The Morgan fingerprint density at radius 1 is 1.04 bits per heavy atom. The summed E-state index contributed by atoms with van der Waals surface area (Å²) in [6, 6.07) is 14.0. The number of aromatic nitrogens is 3. The Bertz CT molecular complexity index is 1750. The third-order valence-corrected chi connectivity index (χ3v) is 7.86. The quantitative estimate of drug-likeness (QED) is 0.249. The summed E-state index contributed by atoms with van der Waals surface area (Å²) in [5, 5.41) is 11.4. The first-order valence-electron chi connectivity index (χ1n) is 14.5. The molecule has 4 aromatic rings. The smallest absolute Gasteiger partial charge is 0.249 e. The molecule has 2 aliphatic rings. The Labute approximate surface area is 258 Å². The maximum Gasteiger partial charge on any atom is 0.249 e. The lowest BCUT2D eigenvalue weighted by molar-refractivity contribution is -0.127. The molecule has 2 atom stereocenters. The topological polar surface area (TPSA) is 143 Å². The lowest BCUT2D eigenvalue weighted by Crippen LogP contribution is -2.47. The fourth-order valence-electron chi connectivity index (χ4n) is 5.63. The highest BCUT2D eigenvalue weighted by Gasteiger charge is 2.37. The number of amides is 2. The molecule has 0 unspecified atom stereocenters. The van der Waals surface area contributed by atoms with Crippen LogP contribution in [0, 0.1) is 0 Å². The summed E-state index contributed by atoms with van der Waals surface area (Å²) in [6.07, 6.45) is 1.55. The Hall–Kier alpha value is -5.17. The molecule has 234 valence electrons. The van der Waals surface area contributed by atoms with Crippen molar-refractivity contribution in [2.75, 3.05) is 39.1 Å². The van der Waals surface area contributed by atoms with E-state index in [9.17, 15) is 14.4 Å². The average Bonchev–Trinajstić information content (AvgIpc) is 3.83. The second-order valence-electron chi connectivity index (χ2n) is 10.7. The first-order valence-corrected chi connectivity index (χ1v) is 14.5. The number of fused-ring (bicyclic) bond motifs is 2.